The van der Waals surface area contributed by atoms with E-state index in [-0.39, 0.29) is 23.1 Å². The fourth-order valence-corrected chi connectivity index (χ4v) is 4.55. The summed E-state index contributed by atoms with van der Waals surface area (Å²) in [6, 6.07) is 6.29. The van der Waals surface area contributed by atoms with Crippen LogP contribution in [0.5, 0.6) is 0 Å². The number of hydrogen-bond acceptors (Lipinski definition) is 4. The van der Waals surface area contributed by atoms with Gasteiger partial charge in [0.05, 0.1) is 5.69 Å². The highest BCUT2D eigenvalue weighted by Gasteiger charge is 2.57. The zero-order valence-electron chi connectivity index (χ0n) is 13.6. The number of benzene rings is 1. The van der Waals surface area contributed by atoms with Gasteiger partial charge in [0.15, 0.2) is 5.13 Å². The zero-order valence-corrected chi connectivity index (χ0v) is 14.4. The number of carbonyl (C=O) groups excluding carboxylic acids is 1. The van der Waals surface area contributed by atoms with Crippen molar-refractivity contribution in [2.45, 2.75) is 26.2 Å². The van der Waals surface area contributed by atoms with Crippen LogP contribution in [0.3, 0.4) is 0 Å². The van der Waals surface area contributed by atoms with E-state index in [1.807, 2.05) is 6.92 Å². The van der Waals surface area contributed by atoms with E-state index >= 15 is 0 Å². The van der Waals surface area contributed by atoms with Gasteiger partial charge in [0.1, 0.15) is 5.82 Å². The van der Waals surface area contributed by atoms with Crippen LogP contribution in [0.4, 0.5) is 9.52 Å². The molecule has 2 aliphatic rings. The van der Waals surface area contributed by atoms with E-state index in [1.165, 1.54) is 23.5 Å². The second-order valence-electron chi connectivity index (χ2n) is 6.79. The number of rotatable bonds is 3. The Morgan fingerprint density at radius 3 is 2.75 bits per heavy atom. The molecular formula is C18H20FN3OS. The summed E-state index contributed by atoms with van der Waals surface area (Å²) in [4.78, 5) is 18.1. The molecule has 1 aromatic carbocycles. The predicted octanol–water partition coefficient (Wildman–Crippen LogP) is 3.59. The van der Waals surface area contributed by atoms with Crippen LogP contribution in [0.1, 0.15) is 24.1 Å². The van der Waals surface area contributed by atoms with E-state index in [0.29, 0.717) is 5.13 Å². The first kappa shape index (κ1) is 15.7. The molecule has 0 radical (unpaired) electrons. The first-order chi connectivity index (χ1) is 11.6. The fraction of sp³-hybridized carbons (Fsp3) is 0.444. The number of carbonyl (C=O) groups is 1. The second kappa shape index (κ2) is 5.93. The largest absolute Gasteiger partial charge is 0.317 e. The van der Waals surface area contributed by atoms with E-state index in [9.17, 15) is 9.18 Å². The molecule has 1 unspecified atom stereocenters. The van der Waals surface area contributed by atoms with Crippen molar-refractivity contribution in [3.8, 4) is 11.3 Å². The summed E-state index contributed by atoms with van der Waals surface area (Å²) in [6.07, 6.45) is 3.17. The molecule has 1 saturated carbocycles. The molecule has 1 spiro atoms. The maximum absolute atomic E-state index is 13.1. The molecule has 6 heteroatoms. The molecule has 1 aliphatic heterocycles. The molecule has 2 N–H and O–H groups in total. The van der Waals surface area contributed by atoms with Crippen molar-refractivity contribution in [1.82, 2.24) is 10.3 Å². The van der Waals surface area contributed by atoms with Crippen molar-refractivity contribution in [1.29, 1.82) is 0 Å². The topological polar surface area (TPSA) is 54.0 Å². The number of nitrogens with zero attached hydrogens (tertiary/aromatic N) is 1. The van der Waals surface area contributed by atoms with Crippen LogP contribution in [-0.4, -0.2) is 24.0 Å². The average molecular weight is 345 g/mol. The molecular weight excluding hydrogens is 325 g/mol. The Labute approximate surface area is 144 Å². The van der Waals surface area contributed by atoms with E-state index < -0.39 is 0 Å². The Bertz CT molecular complexity index is 765. The van der Waals surface area contributed by atoms with Crippen molar-refractivity contribution in [2.24, 2.45) is 11.3 Å². The number of aryl methyl sites for hydroxylation is 1. The van der Waals surface area contributed by atoms with Crippen molar-refractivity contribution >= 4 is 22.4 Å². The molecule has 126 valence electrons. The third-order valence-electron chi connectivity index (χ3n) is 5.25. The summed E-state index contributed by atoms with van der Waals surface area (Å²) in [5.41, 5.74) is 1.90. The molecule has 4 rings (SSSR count). The third kappa shape index (κ3) is 2.84. The monoisotopic (exact) mass is 345 g/mol. The van der Waals surface area contributed by atoms with Crippen LogP contribution in [0.15, 0.2) is 24.3 Å². The molecule has 2 fully saturated rings. The summed E-state index contributed by atoms with van der Waals surface area (Å²) in [5, 5.41) is 6.98. The normalized spacial score (nSPS) is 21.7. The van der Waals surface area contributed by atoms with Crippen molar-refractivity contribution < 1.29 is 9.18 Å². The molecule has 1 aliphatic carbocycles. The van der Waals surface area contributed by atoms with Gasteiger partial charge in [-0.1, -0.05) is 0 Å². The van der Waals surface area contributed by atoms with Gasteiger partial charge in [-0.05, 0) is 69.0 Å². The number of hydrogen-bond donors (Lipinski definition) is 2. The minimum absolute atomic E-state index is 0.0938. The third-order valence-corrected chi connectivity index (χ3v) is 6.14. The number of halogens is 1. The number of anilines is 1. The van der Waals surface area contributed by atoms with Crippen LogP contribution in [0, 0.1) is 24.1 Å². The number of piperidine rings is 1. The Morgan fingerprint density at radius 1 is 1.33 bits per heavy atom. The highest BCUT2D eigenvalue weighted by Crippen LogP contribution is 2.58. The lowest BCUT2D eigenvalue weighted by molar-refractivity contribution is -0.118. The standard InChI is InChI=1S/C18H20FN3OS/c1-11-15(12-2-4-13(19)5-3-12)21-17(24-11)22-16(23)14-10-18(14)6-8-20-9-7-18/h2-5,14,20H,6-10H2,1H3,(H,21,22,23). The number of nitrogens with one attached hydrogen (secondary N) is 2. The van der Waals surface area contributed by atoms with Gasteiger partial charge in [0.2, 0.25) is 5.91 Å². The molecule has 0 bridgehead atoms. The molecule has 1 amide bonds. The van der Waals surface area contributed by atoms with Crippen molar-refractivity contribution in [3.05, 3.63) is 35.0 Å². The van der Waals surface area contributed by atoms with Gasteiger partial charge in [-0.15, -0.1) is 11.3 Å². The molecule has 24 heavy (non-hydrogen) atoms. The van der Waals surface area contributed by atoms with Crippen molar-refractivity contribution in [2.75, 3.05) is 18.4 Å². The van der Waals surface area contributed by atoms with Crippen LogP contribution >= 0.6 is 11.3 Å². The highest BCUT2D eigenvalue weighted by atomic mass is 32.1. The van der Waals surface area contributed by atoms with Gasteiger partial charge in [0, 0.05) is 16.4 Å². The summed E-state index contributed by atoms with van der Waals surface area (Å²) in [5.74, 6) is -0.0458. The van der Waals surface area contributed by atoms with E-state index in [0.717, 1.165) is 48.5 Å². The lowest BCUT2D eigenvalue weighted by Gasteiger charge is -2.22. The fourth-order valence-electron chi connectivity index (χ4n) is 3.71. The summed E-state index contributed by atoms with van der Waals surface area (Å²) >= 11 is 1.47. The highest BCUT2D eigenvalue weighted by molar-refractivity contribution is 7.16. The van der Waals surface area contributed by atoms with Crippen LogP contribution < -0.4 is 10.6 Å². The van der Waals surface area contributed by atoms with Gasteiger partial charge in [-0.3, -0.25) is 4.79 Å². The number of amides is 1. The SMILES string of the molecule is Cc1sc(NC(=O)C2CC23CCNCC3)nc1-c1ccc(F)cc1. The van der Waals surface area contributed by atoms with E-state index in [2.05, 4.69) is 15.6 Å². The maximum atomic E-state index is 13.1. The molecule has 1 aromatic heterocycles. The van der Waals surface area contributed by atoms with Crippen molar-refractivity contribution in [3.63, 3.8) is 0 Å². The Hall–Kier alpha value is -1.79. The minimum atomic E-state index is -0.263. The molecule has 1 saturated heterocycles. The predicted molar refractivity (Wildman–Crippen MR) is 93.5 cm³/mol. The van der Waals surface area contributed by atoms with Gasteiger partial charge in [-0.2, -0.15) is 0 Å². The number of aromatic nitrogens is 1. The Balaban J connectivity index is 1.47. The lowest BCUT2D eigenvalue weighted by Crippen LogP contribution is -2.31. The van der Waals surface area contributed by atoms with Crippen LogP contribution in [0.2, 0.25) is 0 Å². The first-order valence-corrected chi connectivity index (χ1v) is 9.14. The second-order valence-corrected chi connectivity index (χ2v) is 7.99. The van der Waals surface area contributed by atoms with Crippen LogP contribution in [0.25, 0.3) is 11.3 Å². The smallest absolute Gasteiger partial charge is 0.229 e. The van der Waals surface area contributed by atoms with Crippen LogP contribution in [-0.2, 0) is 4.79 Å². The minimum Gasteiger partial charge on any atom is -0.317 e. The average Bonchev–Trinajstić information content (AvgIpc) is 3.14. The summed E-state index contributed by atoms with van der Waals surface area (Å²) < 4.78 is 13.1. The molecule has 2 heterocycles. The Kier molecular flexibility index (Phi) is 3.89. The molecule has 1 atom stereocenters. The zero-order chi connectivity index (χ0) is 16.7. The number of thiazole rings is 1. The molecule has 2 aromatic rings. The van der Waals surface area contributed by atoms with Gasteiger partial charge < -0.3 is 10.6 Å². The first-order valence-electron chi connectivity index (χ1n) is 8.32. The van der Waals surface area contributed by atoms with E-state index in [1.54, 1.807) is 12.1 Å². The van der Waals surface area contributed by atoms with Gasteiger partial charge >= 0.3 is 0 Å². The Morgan fingerprint density at radius 2 is 2.04 bits per heavy atom. The summed E-state index contributed by atoms with van der Waals surface area (Å²) in [7, 11) is 0. The quantitative estimate of drug-likeness (QED) is 0.894. The summed E-state index contributed by atoms with van der Waals surface area (Å²) in [6.45, 7) is 3.99. The van der Waals surface area contributed by atoms with E-state index in [4.69, 9.17) is 0 Å². The van der Waals surface area contributed by atoms with Gasteiger partial charge in [-0.25, -0.2) is 9.37 Å². The molecule has 4 nitrogen and oxygen atoms in total. The lowest BCUT2D eigenvalue weighted by atomic mass is 9.92. The maximum Gasteiger partial charge on any atom is 0.229 e. The van der Waals surface area contributed by atoms with Gasteiger partial charge in [0.25, 0.3) is 0 Å².